The molecule has 7 nitrogen and oxygen atoms in total. The van der Waals surface area contributed by atoms with Gasteiger partial charge in [-0.2, -0.15) is 10.5 Å². The van der Waals surface area contributed by atoms with Crippen molar-refractivity contribution >= 4 is 17.7 Å². The van der Waals surface area contributed by atoms with Crippen LogP contribution in [-0.4, -0.2) is 44.4 Å². The summed E-state index contributed by atoms with van der Waals surface area (Å²) in [6.07, 6.45) is 4.95. The number of carbonyl (C=O) groups is 1. The van der Waals surface area contributed by atoms with E-state index in [2.05, 4.69) is 14.8 Å². The Morgan fingerprint density at radius 2 is 1.91 bits per heavy atom. The Hall–Kier alpha value is -2.06. The third kappa shape index (κ3) is 4.97. The zero-order chi connectivity index (χ0) is 16.5. The van der Waals surface area contributed by atoms with E-state index in [0.717, 1.165) is 36.8 Å². The van der Waals surface area contributed by atoms with E-state index < -0.39 is 0 Å². The summed E-state index contributed by atoms with van der Waals surface area (Å²) in [5.41, 5.74) is 0. The molecule has 0 unspecified atom stereocenters. The van der Waals surface area contributed by atoms with Crippen LogP contribution in [0, 0.1) is 22.7 Å². The van der Waals surface area contributed by atoms with Crippen LogP contribution in [0.1, 0.15) is 37.9 Å². The van der Waals surface area contributed by atoms with Crippen molar-refractivity contribution in [2.24, 2.45) is 0 Å². The number of fused-ring (bicyclic) bond motifs is 1. The van der Waals surface area contributed by atoms with Crippen LogP contribution in [0.15, 0.2) is 5.16 Å². The van der Waals surface area contributed by atoms with Crippen LogP contribution < -0.4 is 0 Å². The zero-order valence-electron chi connectivity index (χ0n) is 13.1. The zero-order valence-corrected chi connectivity index (χ0v) is 13.9. The predicted octanol–water partition coefficient (Wildman–Crippen LogP) is 1.75. The van der Waals surface area contributed by atoms with Crippen molar-refractivity contribution in [1.82, 2.24) is 19.7 Å². The standard InChI is InChI=1S/C15H20N6OS/c16-7-4-9-20(10-5-8-17)14(22)12-23-15-19-18-13-6-2-1-3-11-21(13)15/h1-6,9-12H2. The molecule has 0 spiro atoms. The molecule has 1 amide bonds. The summed E-state index contributed by atoms with van der Waals surface area (Å²) in [7, 11) is 0. The summed E-state index contributed by atoms with van der Waals surface area (Å²) in [6, 6.07) is 4.07. The maximum absolute atomic E-state index is 12.3. The van der Waals surface area contributed by atoms with E-state index in [0.29, 0.717) is 13.1 Å². The summed E-state index contributed by atoms with van der Waals surface area (Å²) in [6.45, 7) is 1.65. The van der Waals surface area contributed by atoms with Gasteiger partial charge in [-0.3, -0.25) is 4.79 Å². The maximum atomic E-state index is 12.3. The van der Waals surface area contributed by atoms with Gasteiger partial charge in [0.1, 0.15) is 5.82 Å². The monoisotopic (exact) mass is 332 g/mol. The second-order valence-corrected chi connectivity index (χ2v) is 6.29. The summed E-state index contributed by atoms with van der Waals surface area (Å²) >= 11 is 1.39. The maximum Gasteiger partial charge on any atom is 0.233 e. The molecule has 122 valence electrons. The highest BCUT2D eigenvalue weighted by Crippen LogP contribution is 2.22. The number of thioether (sulfide) groups is 1. The Balaban J connectivity index is 1.93. The van der Waals surface area contributed by atoms with Crippen molar-refractivity contribution in [3.8, 4) is 12.1 Å². The van der Waals surface area contributed by atoms with Gasteiger partial charge in [0.15, 0.2) is 5.16 Å². The van der Waals surface area contributed by atoms with Crippen molar-refractivity contribution in [3.63, 3.8) is 0 Å². The average Bonchev–Trinajstić information content (AvgIpc) is 2.79. The van der Waals surface area contributed by atoms with E-state index in [1.54, 1.807) is 4.90 Å². The van der Waals surface area contributed by atoms with Gasteiger partial charge >= 0.3 is 0 Å². The van der Waals surface area contributed by atoms with E-state index in [-0.39, 0.29) is 24.5 Å². The lowest BCUT2D eigenvalue weighted by molar-refractivity contribution is -0.128. The van der Waals surface area contributed by atoms with Crippen LogP contribution >= 0.6 is 11.8 Å². The summed E-state index contributed by atoms with van der Waals surface area (Å²) in [4.78, 5) is 13.9. The molecule has 1 aromatic heterocycles. The van der Waals surface area contributed by atoms with Crippen molar-refractivity contribution in [3.05, 3.63) is 5.82 Å². The quantitative estimate of drug-likeness (QED) is 0.705. The van der Waals surface area contributed by atoms with Crippen LogP contribution in [0.3, 0.4) is 0 Å². The largest absolute Gasteiger partial charge is 0.340 e. The van der Waals surface area contributed by atoms with Crippen LogP contribution in [0.4, 0.5) is 0 Å². The predicted molar refractivity (Wildman–Crippen MR) is 85.3 cm³/mol. The second-order valence-electron chi connectivity index (χ2n) is 5.35. The first kappa shape index (κ1) is 17.3. The first-order chi connectivity index (χ1) is 11.3. The molecule has 1 aliphatic heterocycles. The Labute approximate surface area is 140 Å². The topological polar surface area (TPSA) is 98.6 Å². The summed E-state index contributed by atoms with van der Waals surface area (Å²) < 4.78 is 2.11. The average molecular weight is 332 g/mol. The highest BCUT2D eigenvalue weighted by atomic mass is 32.2. The number of nitriles is 2. The first-order valence-electron chi connectivity index (χ1n) is 7.83. The summed E-state index contributed by atoms with van der Waals surface area (Å²) in [5, 5.41) is 26.6. The van der Waals surface area contributed by atoms with Crippen molar-refractivity contribution in [2.75, 3.05) is 18.8 Å². The molecule has 0 bridgehead atoms. The van der Waals surface area contributed by atoms with E-state index in [4.69, 9.17) is 10.5 Å². The van der Waals surface area contributed by atoms with Crippen molar-refractivity contribution in [1.29, 1.82) is 10.5 Å². The van der Waals surface area contributed by atoms with E-state index in [1.165, 1.54) is 18.2 Å². The lowest BCUT2D eigenvalue weighted by Crippen LogP contribution is -2.34. The van der Waals surface area contributed by atoms with Gasteiger partial charge in [0, 0.05) is 26.1 Å². The molecule has 0 N–H and O–H groups in total. The number of amides is 1. The van der Waals surface area contributed by atoms with Gasteiger partial charge in [0.2, 0.25) is 5.91 Å². The van der Waals surface area contributed by atoms with Gasteiger partial charge in [-0.15, -0.1) is 10.2 Å². The molecular formula is C15H20N6OS. The molecule has 1 aliphatic rings. The Morgan fingerprint density at radius 1 is 1.17 bits per heavy atom. The Kier molecular flexibility index (Phi) is 6.89. The van der Waals surface area contributed by atoms with Gasteiger partial charge < -0.3 is 9.47 Å². The number of hydrogen-bond donors (Lipinski definition) is 0. The number of aromatic nitrogens is 3. The minimum Gasteiger partial charge on any atom is -0.340 e. The number of carbonyl (C=O) groups excluding carboxylic acids is 1. The number of rotatable bonds is 7. The van der Waals surface area contributed by atoms with E-state index in [1.807, 2.05) is 12.1 Å². The fraction of sp³-hybridized carbons (Fsp3) is 0.667. The molecule has 2 rings (SSSR count). The molecule has 0 fully saturated rings. The molecule has 0 radical (unpaired) electrons. The van der Waals surface area contributed by atoms with Crippen LogP contribution in [-0.2, 0) is 17.8 Å². The Morgan fingerprint density at radius 3 is 2.61 bits per heavy atom. The molecule has 0 atom stereocenters. The molecule has 0 aromatic carbocycles. The molecular weight excluding hydrogens is 312 g/mol. The smallest absolute Gasteiger partial charge is 0.233 e. The number of nitrogens with zero attached hydrogens (tertiary/aromatic N) is 6. The highest BCUT2D eigenvalue weighted by Gasteiger charge is 2.18. The van der Waals surface area contributed by atoms with Gasteiger partial charge in [0.05, 0.1) is 30.7 Å². The van der Waals surface area contributed by atoms with Crippen LogP contribution in [0.5, 0.6) is 0 Å². The second kappa shape index (κ2) is 9.16. The van der Waals surface area contributed by atoms with Gasteiger partial charge in [-0.05, 0) is 12.8 Å². The van der Waals surface area contributed by atoms with Gasteiger partial charge in [0.25, 0.3) is 0 Å². The molecule has 0 saturated carbocycles. The highest BCUT2D eigenvalue weighted by molar-refractivity contribution is 7.99. The molecule has 0 saturated heterocycles. The lowest BCUT2D eigenvalue weighted by atomic mass is 10.2. The van der Waals surface area contributed by atoms with Crippen molar-refractivity contribution < 1.29 is 4.79 Å². The van der Waals surface area contributed by atoms with Crippen LogP contribution in [0.25, 0.3) is 0 Å². The fourth-order valence-electron chi connectivity index (χ4n) is 2.51. The molecule has 2 heterocycles. The minimum absolute atomic E-state index is 0.0635. The third-order valence-corrected chi connectivity index (χ3v) is 4.69. The molecule has 1 aromatic rings. The molecule has 23 heavy (non-hydrogen) atoms. The van der Waals surface area contributed by atoms with Crippen molar-refractivity contribution in [2.45, 2.75) is 50.2 Å². The molecule has 0 aliphatic carbocycles. The third-order valence-electron chi connectivity index (χ3n) is 3.74. The van der Waals surface area contributed by atoms with E-state index in [9.17, 15) is 4.79 Å². The normalized spacial score (nSPS) is 13.5. The number of hydrogen-bond acceptors (Lipinski definition) is 6. The molecule has 8 heteroatoms. The summed E-state index contributed by atoms with van der Waals surface area (Å²) in [5.74, 6) is 1.20. The lowest BCUT2D eigenvalue weighted by Gasteiger charge is -2.20. The fourth-order valence-corrected chi connectivity index (χ4v) is 3.40. The first-order valence-corrected chi connectivity index (χ1v) is 8.81. The minimum atomic E-state index is -0.0635. The Bertz CT molecular complexity index is 596. The van der Waals surface area contributed by atoms with Gasteiger partial charge in [-0.1, -0.05) is 18.2 Å². The van der Waals surface area contributed by atoms with E-state index >= 15 is 0 Å². The SMILES string of the molecule is N#CCCN(CCC#N)C(=O)CSc1nnc2n1CCCCC2. The van der Waals surface area contributed by atoms with Crippen LogP contribution in [0.2, 0.25) is 0 Å². The van der Waals surface area contributed by atoms with Gasteiger partial charge in [-0.25, -0.2) is 0 Å². The number of aryl methyl sites for hydroxylation is 1.